The number of hydrogen-bond acceptors (Lipinski definition) is 3. The minimum Gasteiger partial charge on any atom is -0.378 e. The lowest BCUT2D eigenvalue weighted by Gasteiger charge is -2.33. The van der Waals surface area contributed by atoms with Crippen LogP contribution in [0.25, 0.3) is 0 Å². The quantitative estimate of drug-likeness (QED) is 0.805. The van der Waals surface area contributed by atoms with Crippen molar-refractivity contribution in [1.29, 1.82) is 0 Å². The van der Waals surface area contributed by atoms with Gasteiger partial charge in [-0.1, -0.05) is 19.3 Å². The van der Waals surface area contributed by atoms with E-state index < -0.39 is 0 Å². The van der Waals surface area contributed by atoms with Crippen molar-refractivity contribution in [3.8, 4) is 0 Å². The first kappa shape index (κ1) is 12.8. The van der Waals surface area contributed by atoms with Crippen LogP contribution in [0.3, 0.4) is 0 Å². The Bertz CT molecular complexity index is 246. The molecule has 0 aromatic rings. The van der Waals surface area contributed by atoms with Gasteiger partial charge in [0.2, 0.25) is 5.91 Å². The Hall–Kier alpha value is -0.610. The zero-order valence-corrected chi connectivity index (χ0v) is 10.8. The molecule has 2 rings (SSSR count). The molecule has 1 saturated heterocycles. The Kier molecular flexibility index (Phi) is 4.80. The van der Waals surface area contributed by atoms with Crippen LogP contribution in [-0.4, -0.2) is 49.7 Å². The summed E-state index contributed by atoms with van der Waals surface area (Å²) in [5.74, 6) is 0.264. The standard InChI is InChI=1S/C13H24N2O2/c1-15(12-5-3-2-4-6-12)13(16)9-11-10-17-8-7-14-11/h11-12,14H,2-10H2,1H3. The van der Waals surface area contributed by atoms with Crippen molar-refractivity contribution < 1.29 is 9.53 Å². The molecule has 1 saturated carbocycles. The van der Waals surface area contributed by atoms with Crippen LogP contribution in [0.15, 0.2) is 0 Å². The third kappa shape index (κ3) is 3.68. The number of carbonyl (C=O) groups is 1. The van der Waals surface area contributed by atoms with Crippen molar-refractivity contribution in [1.82, 2.24) is 10.2 Å². The maximum atomic E-state index is 12.1. The second-order valence-corrected chi connectivity index (χ2v) is 5.23. The SMILES string of the molecule is CN(C(=O)CC1COCCN1)C1CCCCC1. The first-order valence-electron chi connectivity index (χ1n) is 6.84. The monoisotopic (exact) mass is 240 g/mol. The van der Waals surface area contributed by atoms with Gasteiger partial charge in [0.15, 0.2) is 0 Å². The number of nitrogens with zero attached hydrogens (tertiary/aromatic N) is 1. The van der Waals surface area contributed by atoms with Gasteiger partial charge in [0.1, 0.15) is 0 Å². The summed E-state index contributed by atoms with van der Waals surface area (Å²) < 4.78 is 5.37. The number of ether oxygens (including phenoxy) is 1. The molecule has 1 aliphatic carbocycles. The highest BCUT2D eigenvalue weighted by Gasteiger charge is 2.24. The summed E-state index contributed by atoms with van der Waals surface area (Å²) in [5.41, 5.74) is 0. The molecular weight excluding hydrogens is 216 g/mol. The van der Waals surface area contributed by atoms with E-state index in [9.17, 15) is 4.79 Å². The summed E-state index contributed by atoms with van der Waals surface area (Å²) in [6.07, 6.45) is 6.80. The number of nitrogens with one attached hydrogen (secondary N) is 1. The van der Waals surface area contributed by atoms with E-state index in [4.69, 9.17) is 4.74 Å². The van der Waals surface area contributed by atoms with Crippen molar-refractivity contribution in [2.75, 3.05) is 26.8 Å². The molecule has 4 nitrogen and oxygen atoms in total. The molecule has 1 atom stereocenters. The Morgan fingerprint density at radius 1 is 1.35 bits per heavy atom. The molecule has 0 radical (unpaired) electrons. The van der Waals surface area contributed by atoms with E-state index >= 15 is 0 Å². The number of carbonyl (C=O) groups excluding carboxylic acids is 1. The minimum absolute atomic E-state index is 0.210. The first-order chi connectivity index (χ1) is 8.27. The van der Waals surface area contributed by atoms with Gasteiger partial charge >= 0.3 is 0 Å². The summed E-state index contributed by atoms with van der Waals surface area (Å²) in [6.45, 7) is 2.30. The lowest BCUT2D eigenvalue weighted by atomic mass is 9.94. The van der Waals surface area contributed by atoms with Gasteiger partial charge in [-0.05, 0) is 12.8 Å². The van der Waals surface area contributed by atoms with Crippen LogP contribution in [0.4, 0.5) is 0 Å². The van der Waals surface area contributed by atoms with Crippen molar-refractivity contribution in [3.05, 3.63) is 0 Å². The summed E-state index contributed by atoms with van der Waals surface area (Å²) in [6, 6.07) is 0.683. The van der Waals surface area contributed by atoms with Gasteiger partial charge in [0.05, 0.1) is 13.2 Å². The number of morpholine rings is 1. The van der Waals surface area contributed by atoms with E-state index in [1.165, 1.54) is 32.1 Å². The minimum atomic E-state index is 0.210. The van der Waals surface area contributed by atoms with Crippen LogP contribution in [0.2, 0.25) is 0 Å². The molecule has 17 heavy (non-hydrogen) atoms. The van der Waals surface area contributed by atoms with Crippen LogP contribution in [0, 0.1) is 0 Å². The predicted molar refractivity (Wildman–Crippen MR) is 66.9 cm³/mol. The first-order valence-corrected chi connectivity index (χ1v) is 6.84. The van der Waals surface area contributed by atoms with Gasteiger partial charge in [0, 0.05) is 32.1 Å². The van der Waals surface area contributed by atoms with Crippen molar-refractivity contribution in [3.63, 3.8) is 0 Å². The molecule has 2 fully saturated rings. The summed E-state index contributed by atoms with van der Waals surface area (Å²) in [7, 11) is 1.96. The van der Waals surface area contributed by atoms with Crippen LogP contribution < -0.4 is 5.32 Å². The number of rotatable bonds is 3. The highest BCUT2D eigenvalue weighted by atomic mass is 16.5. The van der Waals surface area contributed by atoms with Gasteiger partial charge in [-0.15, -0.1) is 0 Å². The fourth-order valence-electron chi connectivity index (χ4n) is 2.78. The second-order valence-electron chi connectivity index (χ2n) is 5.23. The molecular formula is C13H24N2O2. The predicted octanol–water partition coefficient (Wildman–Crippen LogP) is 1.16. The maximum absolute atomic E-state index is 12.1. The molecule has 1 heterocycles. The molecule has 2 aliphatic rings. The highest BCUT2D eigenvalue weighted by molar-refractivity contribution is 5.76. The summed E-state index contributed by atoms with van der Waals surface area (Å²) in [5, 5.41) is 3.34. The lowest BCUT2D eigenvalue weighted by molar-refractivity contribution is -0.133. The van der Waals surface area contributed by atoms with Crippen molar-refractivity contribution >= 4 is 5.91 Å². The maximum Gasteiger partial charge on any atom is 0.224 e. The van der Waals surface area contributed by atoms with E-state index in [2.05, 4.69) is 5.32 Å². The van der Waals surface area contributed by atoms with Gasteiger partial charge in [-0.2, -0.15) is 0 Å². The molecule has 98 valence electrons. The smallest absolute Gasteiger partial charge is 0.224 e. The zero-order chi connectivity index (χ0) is 12.1. The van der Waals surface area contributed by atoms with E-state index in [1.54, 1.807) is 0 Å². The summed E-state index contributed by atoms with van der Waals surface area (Å²) in [4.78, 5) is 14.1. The van der Waals surface area contributed by atoms with Crippen LogP contribution in [0.1, 0.15) is 38.5 Å². The molecule has 0 aromatic carbocycles. The fourth-order valence-corrected chi connectivity index (χ4v) is 2.78. The molecule has 1 aliphatic heterocycles. The topological polar surface area (TPSA) is 41.6 Å². The largest absolute Gasteiger partial charge is 0.378 e. The van der Waals surface area contributed by atoms with Crippen molar-refractivity contribution in [2.45, 2.75) is 50.6 Å². The number of hydrogen-bond donors (Lipinski definition) is 1. The zero-order valence-electron chi connectivity index (χ0n) is 10.8. The van der Waals surface area contributed by atoms with E-state index in [0.717, 1.165) is 13.2 Å². The van der Waals surface area contributed by atoms with Gasteiger partial charge < -0.3 is 15.0 Å². The molecule has 1 amide bonds. The van der Waals surface area contributed by atoms with Crippen molar-refractivity contribution in [2.24, 2.45) is 0 Å². The average molecular weight is 240 g/mol. The molecule has 0 spiro atoms. The molecule has 4 heteroatoms. The Labute approximate surface area is 104 Å². The highest BCUT2D eigenvalue weighted by Crippen LogP contribution is 2.22. The normalized spacial score (nSPS) is 26.8. The van der Waals surface area contributed by atoms with Gasteiger partial charge in [-0.3, -0.25) is 4.79 Å². The third-order valence-corrected chi connectivity index (χ3v) is 3.94. The lowest BCUT2D eigenvalue weighted by Crippen LogP contribution is -2.46. The van der Waals surface area contributed by atoms with Gasteiger partial charge in [-0.25, -0.2) is 0 Å². The number of amides is 1. The Morgan fingerprint density at radius 3 is 2.76 bits per heavy atom. The second kappa shape index (κ2) is 6.36. The van der Waals surface area contributed by atoms with Crippen LogP contribution >= 0.6 is 0 Å². The van der Waals surface area contributed by atoms with Crippen LogP contribution in [-0.2, 0) is 9.53 Å². The molecule has 0 aromatic heterocycles. The molecule has 1 N–H and O–H groups in total. The van der Waals surface area contributed by atoms with Crippen LogP contribution in [0.5, 0.6) is 0 Å². The van der Waals surface area contributed by atoms with E-state index in [-0.39, 0.29) is 11.9 Å². The van der Waals surface area contributed by atoms with E-state index in [1.807, 2.05) is 11.9 Å². The van der Waals surface area contributed by atoms with E-state index in [0.29, 0.717) is 19.1 Å². The Balaban J connectivity index is 1.77. The fraction of sp³-hybridized carbons (Fsp3) is 0.923. The molecule has 1 unspecified atom stereocenters. The Morgan fingerprint density at radius 2 is 2.12 bits per heavy atom. The summed E-state index contributed by atoms with van der Waals surface area (Å²) >= 11 is 0. The average Bonchev–Trinajstić information content (AvgIpc) is 2.40. The molecule has 0 bridgehead atoms. The third-order valence-electron chi connectivity index (χ3n) is 3.94. The van der Waals surface area contributed by atoms with Gasteiger partial charge in [0.25, 0.3) is 0 Å².